The van der Waals surface area contributed by atoms with Crippen LogP contribution in [-0.4, -0.2) is 27.3 Å². The van der Waals surface area contributed by atoms with E-state index in [1.165, 1.54) is 25.7 Å². The molecule has 1 aliphatic rings. The zero-order valence-corrected chi connectivity index (χ0v) is 10.5. The van der Waals surface area contributed by atoms with Crippen molar-refractivity contribution >= 4 is 17.0 Å². The number of imidazole rings is 1. The molecular weight excluding hydrogens is 226 g/mol. The Balaban J connectivity index is 1.95. The normalized spacial score (nSPS) is 16.5. The summed E-state index contributed by atoms with van der Waals surface area (Å²) in [5.41, 5.74) is 2.08. The molecule has 0 amide bonds. The van der Waals surface area contributed by atoms with E-state index in [1.807, 2.05) is 18.2 Å². The van der Waals surface area contributed by atoms with E-state index in [2.05, 4.69) is 20.9 Å². The average Bonchev–Trinajstić information content (AvgIpc) is 3.00. The molecule has 1 aromatic carbocycles. The lowest BCUT2D eigenvalue weighted by Gasteiger charge is -2.14. The van der Waals surface area contributed by atoms with Gasteiger partial charge in [0.25, 0.3) is 0 Å². The van der Waals surface area contributed by atoms with Crippen LogP contribution in [0, 0.1) is 0 Å². The minimum atomic E-state index is 0.139. The molecule has 1 aliphatic carbocycles. The van der Waals surface area contributed by atoms with Crippen LogP contribution in [-0.2, 0) is 6.54 Å². The zero-order valence-electron chi connectivity index (χ0n) is 10.5. The van der Waals surface area contributed by atoms with Crippen molar-refractivity contribution in [1.82, 2.24) is 9.55 Å². The van der Waals surface area contributed by atoms with Gasteiger partial charge >= 0.3 is 0 Å². The summed E-state index contributed by atoms with van der Waals surface area (Å²) in [5.74, 6) is 0.900. The highest BCUT2D eigenvalue weighted by atomic mass is 16.3. The molecule has 2 aromatic rings. The highest BCUT2D eigenvalue weighted by molar-refractivity contribution is 5.78. The predicted molar refractivity (Wildman–Crippen MR) is 72.7 cm³/mol. The second-order valence-electron chi connectivity index (χ2n) is 4.93. The van der Waals surface area contributed by atoms with Crippen LogP contribution in [0.2, 0.25) is 0 Å². The molecule has 0 unspecified atom stereocenters. The van der Waals surface area contributed by atoms with Gasteiger partial charge in [-0.15, -0.1) is 0 Å². The van der Waals surface area contributed by atoms with Gasteiger partial charge in [0.15, 0.2) is 0 Å². The smallest absolute Gasteiger partial charge is 0.204 e. The Morgan fingerprint density at radius 3 is 2.83 bits per heavy atom. The van der Waals surface area contributed by atoms with Crippen molar-refractivity contribution in [3.05, 3.63) is 24.3 Å². The van der Waals surface area contributed by atoms with Crippen LogP contribution in [0.4, 0.5) is 5.95 Å². The number of nitrogens with one attached hydrogen (secondary N) is 1. The number of hydrogen-bond acceptors (Lipinski definition) is 3. The van der Waals surface area contributed by atoms with Crippen molar-refractivity contribution < 1.29 is 5.11 Å². The van der Waals surface area contributed by atoms with Gasteiger partial charge in [0.1, 0.15) is 0 Å². The molecule has 0 radical (unpaired) electrons. The van der Waals surface area contributed by atoms with Gasteiger partial charge in [-0.3, -0.25) is 0 Å². The molecule has 0 bridgehead atoms. The van der Waals surface area contributed by atoms with Crippen LogP contribution in [0.25, 0.3) is 11.0 Å². The first-order valence-electron chi connectivity index (χ1n) is 6.71. The van der Waals surface area contributed by atoms with Crippen LogP contribution in [0.1, 0.15) is 25.7 Å². The number of aromatic nitrogens is 2. The number of fused-ring (bicyclic) bond motifs is 1. The maximum Gasteiger partial charge on any atom is 0.204 e. The zero-order chi connectivity index (χ0) is 12.4. The summed E-state index contributed by atoms with van der Waals surface area (Å²) in [5, 5.41) is 12.7. The number of nitrogens with zero attached hydrogens (tertiary/aromatic N) is 2. The third-order valence-corrected chi connectivity index (χ3v) is 3.67. The van der Waals surface area contributed by atoms with Crippen molar-refractivity contribution in [2.45, 2.75) is 38.3 Å². The number of hydrogen-bond donors (Lipinski definition) is 2. The summed E-state index contributed by atoms with van der Waals surface area (Å²) in [7, 11) is 0. The topological polar surface area (TPSA) is 50.1 Å². The van der Waals surface area contributed by atoms with Crippen molar-refractivity contribution in [3.8, 4) is 0 Å². The summed E-state index contributed by atoms with van der Waals surface area (Å²) >= 11 is 0. The van der Waals surface area contributed by atoms with Gasteiger partial charge in [0.05, 0.1) is 17.6 Å². The summed E-state index contributed by atoms with van der Waals surface area (Å²) in [6.45, 7) is 0.731. The van der Waals surface area contributed by atoms with Crippen LogP contribution in [0.5, 0.6) is 0 Å². The van der Waals surface area contributed by atoms with E-state index in [1.54, 1.807) is 0 Å². The summed E-state index contributed by atoms with van der Waals surface area (Å²) in [6, 6.07) is 8.62. The fourth-order valence-electron chi connectivity index (χ4n) is 2.76. The Bertz CT molecular complexity index is 529. The SMILES string of the molecule is OCCn1c(NC2CCCC2)nc2ccccc21. The number of aliphatic hydroxyl groups is 1. The maximum atomic E-state index is 9.21. The molecule has 3 rings (SSSR count). The molecule has 4 heteroatoms. The monoisotopic (exact) mass is 245 g/mol. The van der Waals surface area contributed by atoms with E-state index < -0.39 is 0 Å². The molecule has 18 heavy (non-hydrogen) atoms. The fourth-order valence-corrected chi connectivity index (χ4v) is 2.76. The molecule has 0 saturated heterocycles. The summed E-state index contributed by atoms with van der Waals surface area (Å²) in [4.78, 5) is 4.64. The molecule has 0 spiro atoms. The first kappa shape index (κ1) is 11.5. The Labute approximate surface area is 107 Å². The van der Waals surface area contributed by atoms with Crippen molar-refractivity contribution in [2.24, 2.45) is 0 Å². The van der Waals surface area contributed by atoms with Crippen LogP contribution >= 0.6 is 0 Å². The van der Waals surface area contributed by atoms with Gasteiger partial charge in [0.2, 0.25) is 5.95 Å². The van der Waals surface area contributed by atoms with Crippen LogP contribution in [0.15, 0.2) is 24.3 Å². The number of rotatable bonds is 4. The van der Waals surface area contributed by atoms with Crippen molar-refractivity contribution in [2.75, 3.05) is 11.9 Å². The number of aliphatic hydroxyl groups excluding tert-OH is 1. The lowest BCUT2D eigenvalue weighted by atomic mass is 10.2. The lowest BCUT2D eigenvalue weighted by molar-refractivity contribution is 0.278. The van der Waals surface area contributed by atoms with Gasteiger partial charge in [0, 0.05) is 12.6 Å². The molecule has 96 valence electrons. The molecule has 1 saturated carbocycles. The molecule has 1 fully saturated rings. The van der Waals surface area contributed by atoms with Crippen molar-refractivity contribution in [3.63, 3.8) is 0 Å². The highest BCUT2D eigenvalue weighted by Gasteiger charge is 2.18. The van der Waals surface area contributed by atoms with Crippen LogP contribution < -0.4 is 5.32 Å². The fraction of sp³-hybridized carbons (Fsp3) is 0.500. The molecule has 2 N–H and O–H groups in total. The van der Waals surface area contributed by atoms with Gasteiger partial charge in [-0.25, -0.2) is 4.98 Å². The first-order chi connectivity index (χ1) is 8.88. The number of benzene rings is 1. The van der Waals surface area contributed by atoms with E-state index in [0.717, 1.165) is 17.0 Å². The quantitative estimate of drug-likeness (QED) is 0.869. The highest BCUT2D eigenvalue weighted by Crippen LogP contribution is 2.24. The Morgan fingerprint density at radius 2 is 2.06 bits per heavy atom. The second kappa shape index (κ2) is 4.98. The van der Waals surface area contributed by atoms with E-state index in [0.29, 0.717) is 12.6 Å². The van der Waals surface area contributed by atoms with Crippen LogP contribution in [0.3, 0.4) is 0 Å². The molecule has 0 aliphatic heterocycles. The maximum absolute atomic E-state index is 9.21. The summed E-state index contributed by atoms with van der Waals surface area (Å²) in [6.07, 6.45) is 5.06. The van der Waals surface area contributed by atoms with E-state index in [-0.39, 0.29) is 6.61 Å². The molecule has 4 nitrogen and oxygen atoms in total. The van der Waals surface area contributed by atoms with Gasteiger partial charge in [-0.2, -0.15) is 0 Å². The van der Waals surface area contributed by atoms with E-state index in [4.69, 9.17) is 0 Å². The van der Waals surface area contributed by atoms with Crippen molar-refractivity contribution in [1.29, 1.82) is 0 Å². The minimum Gasteiger partial charge on any atom is -0.395 e. The first-order valence-corrected chi connectivity index (χ1v) is 6.71. The lowest BCUT2D eigenvalue weighted by Crippen LogP contribution is -2.18. The van der Waals surface area contributed by atoms with Gasteiger partial charge in [-0.05, 0) is 25.0 Å². The van der Waals surface area contributed by atoms with E-state index in [9.17, 15) is 5.11 Å². The Hall–Kier alpha value is -1.55. The largest absolute Gasteiger partial charge is 0.395 e. The third-order valence-electron chi connectivity index (χ3n) is 3.67. The Kier molecular flexibility index (Phi) is 3.19. The second-order valence-corrected chi connectivity index (χ2v) is 4.93. The number of para-hydroxylation sites is 2. The standard InChI is InChI=1S/C14H19N3O/c18-10-9-17-13-8-4-3-7-12(13)16-14(17)15-11-5-1-2-6-11/h3-4,7-8,11,18H,1-2,5-6,9-10H2,(H,15,16). The average molecular weight is 245 g/mol. The molecule has 1 heterocycles. The third kappa shape index (κ3) is 2.08. The molecular formula is C14H19N3O. The minimum absolute atomic E-state index is 0.139. The van der Waals surface area contributed by atoms with Gasteiger partial charge < -0.3 is 15.0 Å². The Morgan fingerprint density at radius 1 is 1.28 bits per heavy atom. The molecule has 0 atom stereocenters. The van der Waals surface area contributed by atoms with Gasteiger partial charge in [-0.1, -0.05) is 25.0 Å². The number of anilines is 1. The molecule has 1 aromatic heterocycles. The summed E-state index contributed by atoms with van der Waals surface area (Å²) < 4.78 is 2.08. The van der Waals surface area contributed by atoms with E-state index >= 15 is 0 Å². The predicted octanol–water partition coefficient (Wildman–Crippen LogP) is 2.38.